The fourth-order valence-electron chi connectivity index (χ4n) is 3.11. The second-order valence-electron chi connectivity index (χ2n) is 6.07. The van der Waals surface area contributed by atoms with Gasteiger partial charge in [0.15, 0.2) is 0 Å². The van der Waals surface area contributed by atoms with Gasteiger partial charge in [0.25, 0.3) is 0 Å². The first-order valence-electron chi connectivity index (χ1n) is 8.09. The Hall–Kier alpha value is -2.47. The van der Waals surface area contributed by atoms with Crippen molar-refractivity contribution in [3.63, 3.8) is 0 Å². The Bertz CT molecular complexity index is 701. The smallest absolute Gasteiger partial charge is 0.327 e. The Labute approximate surface area is 140 Å². The molecule has 0 radical (unpaired) electrons. The van der Waals surface area contributed by atoms with Crippen LogP contribution in [0, 0.1) is 15.9 Å². The summed E-state index contributed by atoms with van der Waals surface area (Å²) >= 11 is 0. The van der Waals surface area contributed by atoms with E-state index in [1.54, 1.807) is 6.07 Å². The largest absolute Gasteiger partial charge is 0.377 e. The maximum atomic E-state index is 13.7. The van der Waals surface area contributed by atoms with Gasteiger partial charge in [-0.2, -0.15) is 4.39 Å². The van der Waals surface area contributed by atoms with E-state index in [9.17, 15) is 14.5 Å². The number of likely N-dealkylation sites (tertiary alicyclic amines) is 1. The van der Waals surface area contributed by atoms with E-state index in [0.29, 0.717) is 0 Å². The molecule has 24 heavy (non-hydrogen) atoms. The summed E-state index contributed by atoms with van der Waals surface area (Å²) in [4.78, 5) is 12.8. The highest BCUT2D eigenvalue weighted by Gasteiger charge is 2.24. The van der Waals surface area contributed by atoms with Crippen molar-refractivity contribution in [3.05, 3.63) is 70.0 Å². The van der Waals surface area contributed by atoms with Crippen molar-refractivity contribution in [3.8, 4) is 0 Å². The first kappa shape index (κ1) is 16.4. The van der Waals surface area contributed by atoms with Crippen LogP contribution in [0.15, 0.2) is 48.5 Å². The molecule has 126 valence electrons. The standard InChI is InChI=1S/C18H20FN3O2/c19-16-7-4-8-17(18(16)22(23)24)20-15-9-11-21(12-10-15)13-14-5-2-1-3-6-14/h1-8,15,20H,9-13H2. The van der Waals surface area contributed by atoms with Crippen molar-refractivity contribution in [2.45, 2.75) is 25.4 Å². The number of anilines is 1. The van der Waals surface area contributed by atoms with Gasteiger partial charge in [0.1, 0.15) is 5.69 Å². The zero-order valence-corrected chi connectivity index (χ0v) is 13.3. The molecule has 0 atom stereocenters. The number of hydrogen-bond donors (Lipinski definition) is 1. The Kier molecular flexibility index (Phi) is 5.05. The molecule has 0 amide bonds. The molecule has 5 nitrogen and oxygen atoms in total. The van der Waals surface area contributed by atoms with Crippen LogP contribution < -0.4 is 5.32 Å². The third-order valence-electron chi connectivity index (χ3n) is 4.37. The predicted octanol–water partition coefficient (Wildman–Crippen LogP) is 3.81. The van der Waals surface area contributed by atoms with E-state index in [-0.39, 0.29) is 11.7 Å². The number of hydrogen-bond acceptors (Lipinski definition) is 4. The molecule has 2 aromatic rings. The summed E-state index contributed by atoms with van der Waals surface area (Å²) in [5.41, 5.74) is 1.08. The number of nitro groups is 1. The van der Waals surface area contributed by atoms with Crippen molar-refractivity contribution in [1.29, 1.82) is 0 Å². The van der Waals surface area contributed by atoms with Gasteiger partial charge in [-0.1, -0.05) is 36.4 Å². The van der Waals surface area contributed by atoms with Crippen LogP contribution in [-0.2, 0) is 6.54 Å². The molecule has 0 bridgehead atoms. The van der Waals surface area contributed by atoms with Gasteiger partial charge in [0.05, 0.1) is 4.92 Å². The van der Waals surface area contributed by atoms with Gasteiger partial charge >= 0.3 is 5.69 Å². The number of nitrogens with one attached hydrogen (secondary N) is 1. The molecule has 1 aliphatic heterocycles. The van der Waals surface area contributed by atoms with Gasteiger partial charge in [-0.15, -0.1) is 0 Å². The fourth-order valence-corrected chi connectivity index (χ4v) is 3.11. The van der Waals surface area contributed by atoms with Crippen LogP contribution in [0.5, 0.6) is 0 Å². The zero-order valence-electron chi connectivity index (χ0n) is 13.3. The Morgan fingerprint density at radius 1 is 1.12 bits per heavy atom. The van der Waals surface area contributed by atoms with Gasteiger partial charge in [-0.3, -0.25) is 15.0 Å². The van der Waals surface area contributed by atoms with E-state index in [1.807, 2.05) is 18.2 Å². The van der Waals surface area contributed by atoms with Crippen LogP contribution in [0.25, 0.3) is 0 Å². The maximum Gasteiger partial charge on any atom is 0.327 e. The Morgan fingerprint density at radius 3 is 2.50 bits per heavy atom. The molecular formula is C18H20FN3O2. The summed E-state index contributed by atoms with van der Waals surface area (Å²) in [7, 11) is 0. The van der Waals surface area contributed by atoms with Crippen LogP contribution in [0.2, 0.25) is 0 Å². The number of halogens is 1. The molecule has 1 saturated heterocycles. The van der Waals surface area contributed by atoms with Crippen molar-refractivity contribution >= 4 is 11.4 Å². The van der Waals surface area contributed by atoms with Gasteiger partial charge in [-0.25, -0.2) is 0 Å². The lowest BCUT2D eigenvalue weighted by Gasteiger charge is -2.32. The van der Waals surface area contributed by atoms with Crippen molar-refractivity contribution in [2.24, 2.45) is 0 Å². The van der Waals surface area contributed by atoms with Crippen molar-refractivity contribution in [2.75, 3.05) is 18.4 Å². The molecule has 0 aromatic heterocycles. The average molecular weight is 329 g/mol. The van der Waals surface area contributed by atoms with Crippen LogP contribution in [0.4, 0.5) is 15.8 Å². The molecular weight excluding hydrogens is 309 g/mol. The number of piperidine rings is 1. The molecule has 1 heterocycles. The van der Waals surface area contributed by atoms with Gasteiger partial charge in [0.2, 0.25) is 5.82 Å². The second-order valence-corrected chi connectivity index (χ2v) is 6.07. The molecule has 0 aliphatic carbocycles. The summed E-state index contributed by atoms with van der Waals surface area (Å²) in [5.74, 6) is -0.800. The highest BCUT2D eigenvalue weighted by atomic mass is 19.1. The summed E-state index contributed by atoms with van der Waals surface area (Å²) in [5, 5.41) is 14.2. The van der Waals surface area contributed by atoms with E-state index in [2.05, 4.69) is 22.3 Å². The number of para-hydroxylation sites is 1. The second kappa shape index (κ2) is 7.40. The first-order chi connectivity index (χ1) is 11.6. The van der Waals surface area contributed by atoms with Gasteiger partial charge in [-0.05, 0) is 30.5 Å². The Balaban J connectivity index is 1.58. The zero-order chi connectivity index (χ0) is 16.9. The molecule has 6 heteroatoms. The molecule has 0 spiro atoms. The first-order valence-corrected chi connectivity index (χ1v) is 8.09. The SMILES string of the molecule is O=[N+]([O-])c1c(F)cccc1NC1CCN(Cc2ccccc2)CC1. The molecule has 1 fully saturated rings. The summed E-state index contributed by atoms with van der Waals surface area (Å²) in [6, 6.07) is 14.6. The lowest BCUT2D eigenvalue weighted by Crippen LogP contribution is -2.38. The van der Waals surface area contributed by atoms with Crippen LogP contribution >= 0.6 is 0 Å². The van der Waals surface area contributed by atoms with E-state index in [4.69, 9.17) is 0 Å². The quantitative estimate of drug-likeness (QED) is 0.669. The number of nitrogens with zero attached hydrogens (tertiary/aromatic N) is 2. The van der Waals surface area contributed by atoms with Crippen LogP contribution in [0.1, 0.15) is 18.4 Å². The van der Waals surface area contributed by atoms with E-state index >= 15 is 0 Å². The lowest BCUT2D eigenvalue weighted by atomic mass is 10.0. The monoisotopic (exact) mass is 329 g/mol. The normalized spacial score (nSPS) is 16.0. The third kappa shape index (κ3) is 3.89. The minimum Gasteiger partial charge on any atom is -0.377 e. The summed E-state index contributed by atoms with van der Waals surface area (Å²) in [6.45, 7) is 2.74. The van der Waals surface area contributed by atoms with E-state index < -0.39 is 16.4 Å². The maximum absolute atomic E-state index is 13.7. The average Bonchev–Trinajstić information content (AvgIpc) is 2.57. The lowest BCUT2D eigenvalue weighted by molar-refractivity contribution is -0.386. The molecule has 1 aliphatic rings. The molecule has 0 saturated carbocycles. The van der Waals surface area contributed by atoms with E-state index in [0.717, 1.165) is 38.5 Å². The number of rotatable bonds is 5. The minimum atomic E-state index is -0.800. The topological polar surface area (TPSA) is 58.4 Å². The highest BCUT2D eigenvalue weighted by molar-refractivity contribution is 5.62. The molecule has 1 N–H and O–H groups in total. The van der Waals surface area contributed by atoms with Crippen LogP contribution in [-0.4, -0.2) is 29.0 Å². The number of nitro benzene ring substituents is 1. The molecule has 0 unspecified atom stereocenters. The van der Waals surface area contributed by atoms with Gasteiger partial charge < -0.3 is 5.32 Å². The van der Waals surface area contributed by atoms with Crippen LogP contribution in [0.3, 0.4) is 0 Å². The van der Waals surface area contributed by atoms with Crippen molar-refractivity contribution < 1.29 is 9.31 Å². The number of benzene rings is 2. The van der Waals surface area contributed by atoms with Crippen molar-refractivity contribution in [1.82, 2.24) is 4.90 Å². The predicted molar refractivity (Wildman–Crippen MR) is 91.4 cm³/mol. The fraction of sp³-hybridized carbons (Fsp3) is 0.333. The summed E-state index contributed by atoms with van der Waals surface area (Å²) < 4.78 is 13.7. The Morgan fingerprint density at radius 2 is 1.83 bits per heavy atom. The minimum absolute atomic E-state index is 0.123. The molecule has 2 aromatic carbocycles. The van der Waals surface area contributed by atoms with E-state index in [1.165, 1.54) is 11.6 Å². The van der Waals surface area contributed by atoms with Gasteiger partial charge in [0, 0.05) is 25.7 Å². The third-order valence-corrected chi connectivity index (χ3v) is 4.37. The molecule has 3 rings (SSSR count). The summed E-state index contributed by atoms with van der Waals surface area (Å²) in [6.07, 6.45) is 1.75. The highest BCUT2D eigenvalue weighted by Crippen LogP contribution is 2.29.